The number of rotatable bonds is 3. The highest BCUT2D eigenvalue weighted by molar-refractivity contribution is 5.91. The van der Waals surface area contributed by atoms with Gasteiger partial charge in [-0.25, -0.2) is 9.78 Å². The van der Waals surface area contributed by atoms with Gasteiger partial charge in [0, 0.05) is 0 Å². The number of nitrogens with two attached hydrogens (primary N) is 1. The fourth-order valence-corrected chi connectivity index (χ4v) is 1.98. The maximum Gasteiger partial charge on any atom is 0.341 e. The van der Waals surface area contributed by atoms with Crippen LogP contribution in [-0.2, 0) is 0 Å². The monoisotopic (exact) mass is 283 g/mol. The number of aryl methyl sites for hydroxylation is 2. The number of aromatic carboxylic acids is 1. The molecule has 3 N–H and O–H groups in total. The summed E-state index contributed by atoms with van der Waals surface area (Å²) in [5.74, 6) is -0.727. The molecule has 1 aromatic carbocycles. The molecule has 0 fully saturated rings. The highest BCUT2D eigenvalue weighted by Crippen LogP contribution is 2.31. The van der Waals surface area contributed by atoms with E-state index in [1.807, 2.05) is 0 Å². The Kier molecular flexibility index (Phi) is 3.76. The van der Waals surface area contributed by atoms with Gasteiger partial charge in [0.05, 0.1) is 23.5 Å². The number of carboxylic acid groups (broad SMARTS) is 1. The van der Waals surface area contributed by atoms with Gasteiger partial charge in [-0.1, -0.05) is 0 Å². The first-order valence-electron chi connectivity index (χ1n) is 6.10. The number of ether oxygens (including phenoxy) is 1. The number of anilines is 1. The number of nitriles is 1. The first-order chi connectivity index (χ1) is 9.92. The van der Waals surface area contributed by atoms with Crippen LogP contribution in [0.25, 0.3) is 0 Å². The SMILES string of the molecule is Cc1cc(C#N)cc(C)c1Oc1ncc(N)cc1C(=O)O. The summed E-state index contributed by atoms with van der Waals surface area (Å²) in [5.41, 5.74) is 7.63. The molecule has 6 nitrogen and oxygen atoms in total. The summed E-state index contributed by atoms with van der Waals surface area (Å²) in [7, 11) is 0. The summed E-state index contributed by atoms with van der Waals surface area (Å²) in [6, 6.07) is 6.68. The second kappa shape index (κ2) is 5.51. The summed E-state index contributed by atoms with van der Waals surface area (Å²) in [6.07, 6.45) is 1.33. The third-order valence-electron chi connectivity index (χ3n) is 2.89. The third-order valence-corrected chi connectivity index (χ3v) is 2.89. The number of hydrogen-bond acceptors (Lipinski definition) is 5. The van der Waals surface area contributed by atoms with Crippen LogP contribution in [0.2, 0.25) is 0 Å². The highest BCUT2D eigenvalue weighted by atomic mass is 16.5. The molecule has 6 heteroatoms. The van der Waals surface area contributed by atoms with Gasteiger partial charge in [-0.15, -0.1) is 0 Å². The van der Waals surface area contributed by atoms with E-state index in [0.717, 1.165) is 11.1 Å². The molecule has 2 aromatic rings. The van der Waals surface area contributed by atoms with Crippen molar-refractivity contribution in [2.24, 2.45) is 0 Å². The van der Waals surface area contributed by atoms with E-state index in [2.05, 4.69) is 11.1 Å². The molecule has 0 bridgehead atoms. The molecule has 0 saturated carbocycles. The molecule has 21 heavy (non-hydrogen) atoms. The molecule has 106 valence electrons. The number of pyridine rings is 1. The van der Waals surface area contributed by atoms with Crippen LogP contribution in [0.15, 0.2) is 24.4 Å². The van der Waals surface area contributed by atoms with Gasteiger partial charge in [0.1, 0.15) is 11.3 Å². The fraction of sp³-hybridized carbons (Fsp3) is 0.133. The lowest BCUT2D eigenvalue weighted by molar-refractivity contribution is 0.0693. The summed E-state index contributed by atoms with van der Waals surface area (Å²) in [5, 5.41) is 18.1. The Morgan fingerprint density at radius 3 is 2.48 bits per heavy atom. The van der Waals surface area contributed by atoms with E-state index in [1.54, 1.807) is 26.0 Å². The molecule has 0 spiro atoms. The second-order valence-corrected chi connectivity index (χ2v) is 4.58. The lowest BCUT2D eigenvalue weighted by atomic mass is 10.1. The Labute approximate surface area is 121 Å². The summed E-state index contributed by atoms with van der Waals surface area (Å²) in [4.78, 5) is 15.1. The standard InChI is InChI=1S/C15H13N3O3/c1-8-3-10(6-16)4-9(2)13(8)21-14-12(15(19)20)5-11(17)7-18-14/h3-5,7H,17H2,1-2H3,(H,19,20). The van der Waals surface area contributed by atoms with Crippen molar-refractivity contribution in [2.75, 3.05) is 5.73 Å². The Morgan fingerprint density at radius 2 is 1.95 bits per heavy atom. The average Bonchev–Trinajstić information content (AvgIpc) is 2.43. The van der Waals surface area contributed by atoms with Crippen molar-refractivity contribution >= 4 is 11.7 Å². The summed E-state index contributed by atoms with van der Waals surface area (Å²) < 4.78 is 5.63. The van der Waals surface area contributed by atoms with Crippen LogP contribution >= 0.6 is 0 Å². The first kappa shape index (κ1) is 14.3. The number of benzene rings is 1. The molecular weight excluding hydrogens is 270 g/mol. The second-order valence-electron chi connectivity index (χ2n) is 4.58. The van der Waals surface area contributed by atoms with Gasteiger partial charge in [0.25, 0.3) is 0 Å². The zero-order chi connectivity index (χ0) is 15.6. The number of aromatic nitrogens is 1. The zero-order valence-corrected chi connectivity index (χ0v) is 11.5. The maximum absolute atomic E-state index is 11.2. The van der Waals surface area contributed by atoms with Crippen molar-refractivity contribution in [1.29, 1.82) is 5.26 Å². The van der Waals surface area contributed by atoms with E-state index in [0.29, 0.717) is 11.3 Å². The van der Waals surface area contributed by atoms with Crippen LogP contribution < -0.4 is 10.5 Å². The molecular formula is C15H13N3O3. The van der Waals surface area contributed by atoms with E-state index < -0.39 is 5.97 Å². The lowest BCUT2D eigenvalue weighted by Gasteiger charge is -2.13. The minimum Gasteiger partial charge on any atom is -0.477 e. The van der Waals surface area contributed by atoms with Crippen molar-refractivity contribution < 1.29 is 14.6 Å². The molecule has 0 aliphatic heterocycles. The minimum atomic E-state index is -1.17. The molecule has 0 amide bonds. The number of nitrogens with zero attached hydrogens (tertiary/aromatic N) is 2. The van der Waals surface area contributed by atoms with Gasteiger partial charge in [-0.2, -0.15) is 5.26 Å². The van der Waals surface area contributed by atoms with Crippen LogP contribution in [-0.4, -0.2) is 16.1 Å². The van der Waals surface area contributed by atoms with Crippen LogP contribution in [0.4, 0.5) is 5.69 Å². The van der Waals surface area contributed by atoms with Crippen molar-refractivity contribution in [3.63, 3.8) is 0 Å². The molecule has 0 aliphatic carbocycles. The molecule has 0 saturated heterocycles. The highest BCUT2D eigenvalue weighted by Gasteiger charge is 2.16. The maximum atomic E-state index is 11.2. The largest absolute Gasteiger partial charge is 0.477 e. The number of carboxylic acids is 1. The van der Waals surface area contributed by atoms with E-state index >= 15 is 0 Å². The van der Waals surface area contributed by atoms with Crippen LogP contribution in [0.3, 0.4) is 0 Å². The number of carbonyl (C=O) groups is 1. The van der Waals surface area contributed by atoms with Gasteiger partial charge in [0.15, 0.2) is 0 Å². The van der Waals surface area contributed by atoms with Gasteiger partial charge >= 0.3 is 5.97 Å². The smallest absolute Gasteiger partial charge is 0.341 e. The fourth-order valence-electron chi connectivity index (χ4n) is 1.98. The van der Waals surface area contributed by atoms with Crippen LogP contribution in [0, 0.1) is 25.2 Å². The number of hydrogen-bond donors (Lipinski definition) is 2. The van der Waals surface area contributed by atoms with E-state index in [9.17, 15) is 9.90 Å². The average molecular weight is 283 g/mol. The predicted octanol–water partition coefficient (Wildman–Crippen LogP) is 2.64. The van der Waals surface area contributed by atoms with Gasteiger partial charge in [-0.3, -0.25) is 0 Å². The topological polar surface area (TPSA) is 109 Å². The van der Waals surface area contributed by atoms with Gasteiger partial charge in [0.2, 0.25) is 5.88 Å². The third kappa shape index (κ3) is 2.92. The van der Waals surface area contributed by atoms with Gasteiger partial charge in [-0.05, 0) is 43.2 Å². The van der Waals surface area contributed by atoms with E-state index in [-0.39, 0.29) is 17.1 Å². The van der Waals surface area contributed by atoms with Gasteiger partial charge < -0.3 is 15.6 Å². The zero-order valence-electron chi connectivity index (χ0n) is 11.5. The van der Waals surface area contributed by atoms with Crippen molar-refractivity contribution in [1.82, 2.24) is 4.98 Å². The molecule has 1 heterocycles. The normalized spacial score (nSPS) is 9.95. The molecule has 0 radical (unpaired) electrons. The van der Waals surface area contributed by atoms with Crippen molar-refractivity contribution in [2.45, 2.75) is 13.8 Å². The van der Waals surface area contributed by atoms with Crippen LogP contribution in [0.5, 0.6) is 11.6 Å². The van der Waals surface area contributed by atoms with E-state index in [4.69, 9.17) is 15.7 Å². The summed E-state index contributed by atoms with van der Waals surface area (Å²) >= 11 is 0. The molecule has 1 aromatic heterocycles. The molecule has 0 aliphatic rings. The Hall–Kier alpha value is -3.07. The first-order valence-corrected chi connectivity index (χ1v) is 6.10. The van der Waals surface area contributed by atoms with Crippen molar-refractivity contribution in [3.8, 4) is 17.7 Å². The van der Waals surface area contributed by atoms with Crippen molar-refractivity contribution in [3.05, 3.63) is 46.6 Å². The Balaban J connectivity index is 2.49. The lowest BCUT2D eigenvalue weighted by Crippen LogP contribution is -2.04. The van der Waals surface area contributed by atoms with Crippen LogP contribution in [0.1, 0.15) is 27.0 Å². The van der Waals surface area contributed by atoms with E-state index in [1.165, 1.54) is 12.3 Å². The predicted molar refractivity (Wildman–Crippen MR) is 76.3 cm³/mol. The minimum absolute atomic E-state index is 0.0346. The number of nitrogen functional groups attached to an aromatic ring is 1. The summed E-state index contributed by atoms with van der Waals surface area (Å²) in [6.45, 7) is 3.56. The molecule has 0 unspecified atom stereocenters. The Bertz CT molecular complexity index is 740. The quantitative estimate of drug-likeness (QED) is 0.896. The molecule has 0 atom stereocenters. The Morgan fingerprint density at radius 1 is 1.33 bits per heavy atom. The molecule has 2 rings (SSSR count).